The molecule has 18 nitrogen and oxygen atoms in total. The SMILES string of the molecule is CC(=O)Nc1cc(Cl)cn(C2CCOCC2)c1=O.CC(=O)Nc1cccn(C2CCOCC2)c1=O.Nc1cc(Cl)cn(C2CCOCC2)c1=O.Nc1cccn(C2CCOCC2)c1=O. The van der Waals surface area contributed by atoms with E-state index in [1.54, 1.807) is 61.3 Å². The number of nitrogens with zero attached hydrogens (tertiary/aromatic N) is 4. The van der Waals surface area contributed by atoms with Crippen molar-refractivity contribution in [3.8, 4) is 0 Å². The smallest absolute Gasteiger partial charge is 0.274 e. The molecule has 4 saturated heterocycles. The summed E-state index contributed by atoms with van der Waals surface area (Å²) in [4.78, 5) is 69.8. The molecule has 6 N–H and O–H groups in total. The zero-order chi connectivity index (χ0) is 46.2. The third-order valence-corrected chi connectivity index (χ3v) is 11.4. The number of carbonyl (C=O) groups is 2. The first-order chi connectivity index (χ1) is 30.7. The Morgan fingerprint density at radius 1 is 0.516 bits per heavy atom. The number of rotatable bonds is 6. The molecule has 0 radical (unpaired) electrons. The minimum atomic E-state index is -0.284. The van der Waals surface area contributed by atoms with Crippen LogP contribution in [0.5, 0.6) is 0 Å². The van der Waals surface area contributed by atoms with E-state index in [9.17, 15) is 28.8 Å². The summed E-state index contributed by atoms with van der Waals surface area (Å²) in [5.41, 5.74) is 11.6. The van der Waals surface area contributed by atoms with E-state index < -0.39 is 0 Å². The van der Waals surface area contributed by atoms with Crippen molar-refractivity contribution in [1.82, 2.24) is 18.3 Å². The van der Waals surface area contributed by atoms with Gasteiger partial charge in [0, 0.05) is 116 Å². The number of nitrogens with one attached hydrogen (secondary N) is 2. The molecule has 4 aromatic rings. The van der Waals surface area contributed by atoms with Gasteiger partial charge >= 0.3 is 0 Å². The number of hydrogen-bond acceptors (Lipinski definition) is 12. The lowest BCUT2D eigenvalue weighted by atomic mass is 10.1. The van der Waals surface area contributed by atoms with Gasteiger partial charge in [0.25, 0.3) is 22.2 Å². The Kier molecular flexibility index (Phi) is 19.2. The largest absolute Gasteiger partial charge is 0.394 e. The van der Waals surface area contributed by atoms with Crippen LogP contribution in [0.25, 0.3) is 0 Å². The number of halogens is 2. The van der Waals surface area contributed by atoms with Crippen LogP contribution in [0.4, 0.5) is 22.7 Å². The summed E-state index contributed by atoms with van der Waals surface area (Å²) in [6.45, 7) is 8.22. The van der Waals surface area contributed by atoms with Crippen LogP contribution in [0.2, 0.25) is 10.0 Å². The molecule has 8 heterocycles. The fraction of sp³-hybridized carbons (Fsp3) is 0.500. The van der Waals surface area contributed by atoms with Crippen LogP contribution in [-0.4, -0.2) is 82.9 Å². The second-order valence-electron chi connectivity index (χ2n) is 15.7. The standard InChI is InChI=1S/C12H15ClN2O3.C12H16N2O3.C10H13ClN2O2.C10H14N2O2/c1-8(16)14-11-6-9(13)7-15(12(11)17)10-2-4-18-5-3-10;1-9(15)13-11-3-2-6-14(12(11)16)10-4-7-17-8-5-10;11-7-5-9(12)10(14)13(6-7)8-1-3-15-4-2-8;11-9-2-1-5-12(10(9)13)8-3-6-14-7-4-8/h6-7,10H,2-5H2,1H3,(H,14,16);2-3,6,10H,4-5,7-8H2,1H3,(H,13,15);5-6,8H,1-4,12H2;1-2,5,8H,3-4,6-7,11H2. The summed E-state index contributed by atoms with van der Waals surface area (Å²) in [7, 11) is 0. The quantitative estimate of drug-likeness (QED) is 0.196. The second-order valence-corrected chi connectivity index (χ2v) is 16.5. The van der Waals surface area contributed by atoms with Crippen LogP contribution in [0.1, 0.15) is 89.4 Å². The fourth-order valence-electron chi connectivity index (χ4n) is 7.73. The molecule has 0 aliphatic carbocycles. The number of hydrogen-bond donors (Lipinski definition) is 4. The van der Waals surface area contributed by atoms with Gasteiger partial charge in [-0.15, -0.1) is 0 Å². The first kappa shape index (κ1) is 49.8. The van der Waals surface area contributed by atoms with Crippen LogP contribution in [0, 0.1) is 0 Å². The summed E-state index contributed by atoms with van der Waals surface area (Å²) in [5.74, 6) is -0.514. The summed E-state index contributed by atoms with van der Waals surface area (Å²) >= 11 is 11.9. The topological polar surface area (TPSA) is 235 Å². The second kappa shape index (κ2) is 24.7. The van der Waals surface area contributed by atoms with E-state index in [1.165, 1.54) is 26.0 Å². The normalized spacial score (nSPS) is 17.3. The Hall–Kier alpha value is -5.24. The first-order valence-corrected chi connectivity index (χ1v) is 22.1. The van der Waals surface area contributed by atoms with Crippen molar-refractivity contribution in [2.45, 2.75) is 89.4 Å². The predicted octanol–water partition coefficient (Wildman–Crippen LogP) is 5.19. The number of pyridine rings is 4. The van der Waals surface area contributed by atoms with Gasteiger partial charge in [-0.3, -0.25) is 28.8 Å². The number of anilines is 4. The molecule has 4 aliphatic rings. The van der Waals surface area contributed by atoms with Crippen LogP contribution >= 0.6 is 23.2 Å². The summed E-state index contributed by atoms with van der Waals surface area (Å²) in [5, 5.41) is 5.99. The molecular weight excluding hydrogens is 871 g/mol. The van der Waals surface area contributed by atoms with Gasteiger partial charge in [0.05, 0.1) is 21.4 Å². The van der Waals surface area contributed by atoms with Crippen molar-refractivity contribution < 1.29 is 28.5 Å². The zero-order valence-electron chi connectivity index (χ0n) is 36.2. The van der Waals surface area contributed by atoms with Gasteiger partial charge in [0.15, 0.2) is 0 Å². The van der Waals surface area contributed by atoms with Gasteiger partial charge in [-0.1, -0.05) is 23.2 Å². The number of aromatic nitrogens is 4. The minimum Gasteiger partial charge on any atom is -0.394 e. The van der Waals surface area contributed by atoms with Crippen molar-refractivity contribution >= 4 is 57.8 Å². The average Bonchev–Trinajstić information content (AvgIpc) is 3.29. The highest BCUT2D eigenvalue weighted by Crippen LogP contribution is 2.24. The molecule has 0 unspecified atom stereocenters. The highest BCUT2D eigenvalue weighted by Gasteiger charge is 2.21. The molecule has 0 atom stereocenters. The first-order valence-electron chi connectivity index (χ1n) is 21.4. The van der Waals surface area contributed by atoms with Crippen molar-refractivity contribution in [3.63, 3.8) is 0 Å². The summed E-state index contributed by atoms with van der Waals surface area (Å²) < 4.78 is 27.7. The molecule has 64 heavy (non-hydrogen) atoms. The van der Waals surface area contributed by atoms with Gasteiger partial charge in [-0.2, -0.15) is 0 Å². The highest BCUT2D eigenvalue weighted by atomic mass is 35.5. The monoisotopic (exact) mass is 928 g/mol. The third kappa shape index (κ3) is 14.4. The molecule has 0 spiro atoms. The molecule has 348 valence electrons. The lowest BCUT2D eigenvalue weighted by Gasteiger charge is -2.24. The van der Waals surface area contributed by atoms with E-state index in [0.717, 1.165) is 64.6 Å². The number of carbonyl (C=O) groups excluding carboxylic acids is 2. The van der Waals surface area contributed by atoms with Crippen LogP contribution < -0.4 is 44.3 Å². The molecule has 0 aromatic carbocycles. The lowest BCUT2D eigenvalue weighted by molar-refractivity contribution is -0.115. The van der Waals surface area contributed by atoms with Crippen molar-refractivity contribution in [2.24, 2.45) is 0 Å². The number of nitrogens with two attached hydrogens (primary N) is 2. The van der Waals surface area contributed by atoms with Gasteiger partial charge in [-0.05, 0) is 87.8 Å². The van der Waals surface area contributed by atoms with E-state index in [4.69, 9.17) is 53.6 Å². The third-order valence-electron chi connectivity index (χ3n) is 11.0. The van der Waals surface area contributed by atoms with Gasteiger partial charge in [-0.25, -0.2) is 0 Å². The molecular formula is C44H58Cl2N8O10. The van der Waals surface area contributed by atoms with Crippen LogP contribution in [0.3, 0.4) is 0 Å². The van der Waals surface area contributed by atoms with E-state index in [-0.39, 0.29) is 69.6 Å². The number of ether oxygens (including phenoxy) is 4. The Labute approximate surface area is 380 Å². The maximum atomic E-state index is 12.2. The van der Waals surface area contributed by atoms with Gasteiger partial charge < -0.3 is 59.3 Å². The van der Waals surface area contributed by atoms with Gasteiger partial charge in [0.2, 0.25) is 11.8 Å². The molecule has 0 bridgehead atoms. The Morgan fingerprint density at radius 2 is 0.859 bits per heavy atom. The predicted molar refractivity (Wildman–Crippen MR) is 247 cm³/mol. The van der Waals surface area contributed by atoms with E-state index in [1.807, 2.05) is 6.07 Å². The molecule has 0 saturated carbocycles. The Morgan fingerprint density at radius 3 is 1.31 bits per heavy atom. The van der Waals surface area contributed by atoms with Crippen molar-refractivity contribution in [1.29, 1.82) is 0 Å². The zero-order valence-corrected chi connectivity index (χ0v) is 37.7. The maximum absolute atomic E-state index is 12.2. The molecule has 8 rings (SSSR count). The fourth-order valence-corrected chi connectivity index (χ4v) is 8.16. The van der Waals surface area contributed by atoms with Crippen LogP contribution in [0.15, 0.2) is 80.4 Å². The van der Waals surface area contributed by atoms with E-state index in [0.29, 0.717) is 61.1 Å². The molecule has 4 aliphatic heterocycles. The lowest BCUT2D eigenvalue weighted by Crippen LogP contribution is -2.31. The van der Waals surface area contributed by atoms with Gasteiger partial charge in [0.1, 0.15) is 11.4 Å². The Bertz CT molecular complexity index is 2410. The average molecular weight is 930 g/mol. The molecule has 4 aromatic heterocycles. The van der Waals surface area contributed by atoms with Crippen LogP contribution in [-0.2, 0) is 28.5 Å². The molecule has 2 amide bonds. The van der Waals surface area contributed by atoms with E-state index in [2.05, 4.69) is 10.6 Å². The number of amides is 2. The maximum Gasteiger partial charge on any atom is 0.274 e. The summed E-state index contributed by atoms with van der Waals surface area (Å²) in [6, 6.07) is 10.5. The van der Waals surface area contributed by atoms with Crippen molar-refractivity contribution in [3.05, 3.63) is 113 Å². The molecule has 4 fully saturated rings. The van der Waals surface area contributed by atoms with E-state index >= 15 is 0 Å². The van der Waals surface area contributed by atoms with Crippen molar-refractivity contribution in [2.75, 3.05) is 75.0 Å². The molecule has 20 heteroatoms. The highest BCUT2D eigenvalue weighted by molar-refractivity contribution is 6.31. The number of nitrogen functional groups attached to an aromatic ring is 2. The Balaban J connectivity index is 0.000000161. The minimum absolute atomic E-state index is 0.0810. The summed E-state index contributed by atoms with van der Waals surface area (Å²) in [6.07, 6.45) is 13.5.